The summed E-state index contributed by atoms with van der Waals surface area (Å²) in [5.41, 5.74) is 0.155. The van der Waals surface area contributed by atoms with Crippen LogP contribution in [0.5, 0.6) is 0 Å². The second-order valence-electron chi connectivity index (χ2n) is 5.19. The van der Waals surface area contributed by atoms with Crippen LogP contribution >= 0.6 is 0 Å². The van der Waals surface area contributed by atoms with Gasteiger partial charge in [-0.05, 0) is 47.2 Å². The standard InChI is InChI=1S/C11H24N2O/c1-11(2,13(3)4)8-12-9-6-5-7-10(9)14/h9-10,12,14H,5-8H2,1-4H3. The Hall–Kier alpha value is -0.120. The first-order chi connectivity index (χ1) is 6.43. The maximum absolute atomic E-state index is 9.65. The molecule has 3 nitrogen and oxygen atoms in total. The molecule has 2 N–H and O–H groups in total. The zero-order valence-corrected chi connectivity index (χ0v) is 9.88. The summed E-state index contributed by atoms with van der Waals surface area (Å²) < 4.78 is 0. The van der Waals surface area contributed by atoms with Gasteiger partial charge < -0.3 is 15.3 Å². The molecule has 0 aromatic rings. The summed E-state index contributed by atoms with van der Waals surface area (Å²) in [5, 5.41) is 13.1. The van der Waals surface area contributed by atoms with E-state index < -0.39 is 0 Å². The molecule has 2 atom stereocenters. The molecule has 0 amide bonds. The normalized spacial score (nSPS) is 28.7. The molecule has 1 fully saturated rings. The van der Waals surface area contributed by atoms with Gasteiger partial charge in [0.1, 0.15) is 0 Å². The molecule has 14 heavy (non-hydrogen) atoms. The molecule has 1 aliphatic rings. The molecule has 1 aliphatic carbocycles. The summed E-state index contributed by atoms with van der Waals surface area (Å²) in [7, 11) is 4.18. The van der Waals surface area contributed by atoms with Gasteiger partial charge in [0.15, 0.2) is 0 Å². The summed E-state index contributed by atoms with van der Waals surface area (Å²) in [6.45, 7) is 5.35. The summed E-state index contributed by atoms with van der Waals surface area (Å²) >= 11 is 0. The Morgan fingerprint density at radius 1 is 1.36 bits per heavy atom. The first kappa shape index (κ1) is 12.0. The van der Waals surface area contributed by atoms with E-state index in [-0.39, 0.29) is 11.6 Å². The van der Waals surface area contributed by atoms with Crippen molar-refractivity contribution in [1.29, 1.82) is 0 Å². The first-order valence-corrected chi connectivity index (χ1v) is 5.52. The summed E-state index contributed by atoms with van der Waals surface area (Å²) in [6, 6.07) is 0.314. The minimum Gasteiger partial charge on any atom is -0.392 e. The third-order valence-corrected chi connectivity index (χ3v) is 3.49. The van der Waals surface area contributed by atoms with Crippen LogP contribution in [-0.2, 0) is 0 Å². The smallest absolute Gasteiger partial charge is 0.0693 e. The number of aliphatic hydroxyl groups excluding tert-OH is 1. The first-order valence-electron chi connectivity index (χ1n) is 5.52. The largest absolute Gasteiger partial charge is 0.392 e. The predicted octanol–water partition coefficient (Wildman–Crippen LogP) is 0.830. The molecule has 0 aliphatic heterocycles. The average Bonchev–Trinajstić information content (AvgIpc) is 2.47. The second-order valence-corrected chi connectivity index (χ2v) is 5.19. The van der Waals surface area contributed by atoms with Crippen LogP contribution in [0.2, 0.25) is 0 Å². The van der Waals surface area contributed by atoms with Crippen molar-refractivity contribution in [2.75, 3.05) is 20.6 Å². The fraction of sp³-hybridized carbons (Fsp3) is 1.00. The third-order valence-electron chi connectivity index (χ3n) is 3.49. The van der Waals surface area contributed by atoms with Crippen LogP contribution < -0.4 is 5.32 Å². The highest BCUT2D eigenvalue weighted by molar-refractivity contribution is 4.87. The number of nitrogens with zero attached hydrogens (tertiary/aromatic N) is 1. The van der Waals surface area contributed by atoms with Gasteiger partial charge in [0, 0.05) is 18.1 Å². The molecule has 0 bridgehead atoms. The molecule has 0 aromatic carbocycles. The van der Waals surface area contributed by atoms with Crippen molar-refractivity contribution in [3.05, 3.63) is 0 Å². The Labute approximate surface area is 87.5 Å². The van der Waals surface area contributed by atoms with Crippen molar-refractivity contribution in [2.45, 2.75) is 50.8 Å². The van der Waals surface area contributed by atoms with Crippen molar-refractivity contribution < 1.29 is 5.11 Å². The second kappa shape index (κ2) is 4.60. The van der Waals surface area contributed by atoms with E-state index in [1.54, 1.807) is 0 Å². The lowest BCUT2D eigenvalue weighted by molar-refractivity contribution is 0.129. The van der Waals surface area contributed by atoms with Crippen molar-refractivity contribution in [3.8, 4) is 0 Å². The number of likely N-dealkylation sites (N-methyl/N-ethyl adjacent to an activating group) is 1. The number of hydrogen-bond acceptors (Lipinski definition) is 3. The lowest BCUT2D eigenvalue weighted by Crippen LogP contribution is -2.50. The molecular weight excluding hydrogens is 176 g/mol. The quantitative estimate of drug-likeness (QED) is 0.705. The zero-order chi connectivity index (χ0) is 10.8. The van der Waals surface area contributed by atoms with Gasteiger partial charge in [0.2, 0.25) is 0 Å². The van der Waals surface area contributed by atoms with Gasteiger partial charge in [0.05, 0.1) is 6.10 Å². The minimum absolute atomic E-state index is 0.132. The van der Waals surface area contributed by atoms with Crippen LogP contribution in [0, 0.1) is 0 Å². The van der Waals surface area contributed by atoms with E-state index in [4.69, 9.17) is 0 Å². The molecular formula is C11H24N2O. The van der Waals surface area contributed by atoms with Crippen LogP contribution in [-0.4, -0.2) is 48.3 Å². The average molecular weight is 200 g/mol. The molecule has 0 radical (unpaired) electrons. The van der Waals surface area contributed by atoms with Gasteiger partial charge in [0.25, 0.3) is 0 Å². The Bertz CT molecular complexity index is 180. The highest BCUT2D eigenvalue weighted by Gasteiger charge is 2.27. The van der Waals surface area contributed by atoms with Crippen LogP contribution in [0.3, 0.4) is 0 Å². The van der Waals surface area contributed by atoms with Crippen LogP contribution in [0.4, 0.5) is 0 Å². The zero-order valence-electron chi connectivity index (χ0n) is 9.88. The minimum atomic E-state index is -0.132. The van der Waals surface area contributed by atoms with E-state index >= 15 is 0 Å². The van der Waals surface area contributed by atoms with E-state index in [1.807, 2.05) is 0 Å². The highest BCUT2D eigenvalue weighted by Crippen LogP contribution is 2.19. The third kappa shape index (κ3) is 2.94. The number of aliphatic hydroxyl groups is 1. The SMILES string of the molecule is CN(C)C(C)(C)CNC1CCCC1O. The molecule has 0 saturated heterocycles. The lowest BCUT2D eigenvalue weighted by Gasteiger charge is -2.34. The van der Waals surface area contributed by atoms with Gasteiger partial charge in [-0.1, -0.05) is 0 Å². The van der Waals surface area contributed by atoms with Gasteiger partial charge in [-0.3, -0.25) is 0 Å². The Balaban J connectivity index is 2.32. The van der Waals surface area contributed by atoms with E-state index in [0.717, 1.165) is 25.8 Å². The maximum atomic E-state index is 9.65. The van der Waals surface area contributed by atoms with Gasteiger partial charge in [-0.15, -0.1) is 0 Å². The van der Waals surface area contributed by atoms with E-state index in [9.17, 15) is 5.11 Å². The fourth-order valence-electron chi connectivity index (χ4n) is 1.72. The Morgan fingerprint density at radius 2 is 2.00 bits per heavy atom. The van der Waals surface area contributed by atoms with Crippen molar-refractivity contribution in [3.63, 3.8) is 0 Å². The maximum Gasteiger partial charge on any atom is 0.0693 e. The van der Waals surface area contributed by atoms with Crippen LogP contribution in [0.15, 0.2) is 0 Å². The summed E-state index contributed by atoms with van der Waals surface area (Å²) in [5.74, 6) is 0. The van der Waals surface area contributed by atoms with Crippen molar-refractivity contribution in [1.82, 2.24) is 10.2 Å². The molecule has 84 valence electrons. The lowest BCUT2D eigenvalue weighted by atomic mass is 10.0. The molecule has 0 spiro atoms. The molecule has 0 heterocycles. The number of nitrogens with one attached hydrogen (secondary N) is 1. The Kier molecular flexibility index (Phi) is 3.93. The molecule has 1 saturated carbocycles. The molecule has 3 heteroatoms. The monoisotopic (exact) mass is 200 g/mol. The number of rotatable bonds is 4. The predicted molar refractivity (Wildman–Crippen MR) is 59.4 cm³/mol. The summed E-state index contributed by atoms with van der Waals surface area (Å²) in [6.07, 6.45) is 3.10. The highest BCUT2D eigenvalue weighted by atomic mass is 16.3. The van der Waals surface area contributed by atoms with Crippen LogP contribution in [0.25, 0.3) is 0 Å². The molecule has 2 unspecified atom stereocenters. The van der Waals surface area contributed by atoms with E-state index in [1.165, 1.54) is 0 Å². The van der Waals surface area contributed by atoms with Gasteiger partial charge >= 0.3 is 0 Å². The van der Waals surface area contributed by atoms with Crippen molar-refractivity contribution >= 4 is 0 Å². The van der Waals surface area contributed by atoms with E-state index in [2.05, 4.69) is 38.2 Å². The number of hydrogen-bond donors (Lipinski definition) is 2. The van der Waals surface area contributed by atoms with Gasteiger partial charge in [-0.25, -0.2) is 0 Å². The van der Waals surface area contributed by atoms with E-state index in [0.29, 0.717) is 6.04 Å². The Morgan fingerprint density at radius 3 is 2.43 bits per heavy atom. The molecule has 1 rings (SSSR count). The van der Waals surface area contributed by atoms with Crippen molar-refractivity contribution in [2.24, 2.45) is 0 Å². The van der Waals surface area contributed by atoms with Crippen LogP contribution in [0.1, 0.15) is 33.1 Å². The topological polar surface area (TPSA) is 35.5 Å². The fourth-order valence-corrected chi connectivity index (χ4v) is 1.72. The molecule has 0 aromatic heterocycles. The van der Waals surface area contributed by atoms with Gasteiger partial charge in [-0.2, -0.15) is 0 Å². The summed E-state index contributed by atoms with van der Waals surface area (Å²) in [4.78, 5) is 2.21.